The first-order valence-corrected chi connectivity index (χ1v) is 7.58. The van der Waals surface area contributed by atoms with Crippen molar-refractivity contribution in [2.45, 2.75) is 25.7 Å². The van der Waals surface area contributed by atoms with Gasteiger partial charge in [0.05, 0.1) is 12.8 Å². The summed E-state index contributed by atoms with van der Waals surface area (Å²) < 4.78 is 5.23. The number of rotatable bonds is 3. The lowest BCUT2D eigenvalue weighted by Gasteiger charge is -2.18. The topological polar surface area (TPSA) is 67.0 Å². The maximum Gasteiger partial charge on any atom is 0.207 e. The molecule has 3 rings (SSSR count). The van der Waals surface area contributed by atoms with Crippen LogP contribution in [0.3, 0.4) is 0 Å². The van der Waals surface area contributed by atoms with Crippen molar-refractivity contribution in [2.24, 2.45) is 0 Å². The van der Waals surface area contributed by atoms with E-state index in [9.17, 15) is 5.26 Å². The molecule has 0 radical (unpaired) electrons. The molecule has 1 aromatic carbocycles. The van der Waals surface area contributed by atoms with Crippen LogP contribution in [0.15, 0.2) is 24.3 Å². The van der Waals surface area contributed by atoms with Gasteiger partial charge >= 0.3 is 0 Å². The highest BCUT2D eigenvalue weighted by Gasteiger charge is 2.19. The number of ether oxygens (including phenoxy) is 1. The zero-order valence-electron chi connectivity index (χ0n) is 12.7. The largest absolute Gasteiger partial charge is 0.497 e. The molecule has 0 spiro atoms. The summed E-state index contributed by atoms with van der Waals surface area (Å²) in [6, 6.07) is 9.67. The second-order valence-electron chi connectivity index (χ2n) is 5.38. The molecule has 0 amide bonds. The highest BCUT2D eigenvalue weighted by atomic mass is 16.5. The van der Waals surface area contributed by atoms with Gasteiger partial charge < -0.3 is 9.64 Å². The Labute approximate surface area is 129 Å². The van der Waals surface area contributed by atoms with E-state index in [4.69, 9.17) is 4.74 Å². The summed E-state index contributed by atoms with van der Waals surface area (Å²) in [6.45, 7) is 1.87. The van der Waals surface area contributed by atoms with Gasteiger partial charge in [-0.2, -0.15) is 5.26 Å². The SMILES string of the molecule is COc1cccc(-n2nc(C#N)c(N3CCCCCC3)n2)c1. The standard InChI is InChI=1S/C16H19N5O/c1-22-14-8-6-7-13(11-14)21-18-15(12-17)16(19-21)20-9-4-2-3-5-10-20/h6-8,11H,2-5,9-10H2,1H3. The van der Waals surface area contributed by atoms with Crippen LogP contribution >= 0.6 is 0 Å². The maximum atomic E-state index is 9.36. The van der Waals surface area contributed by atoms with Crippen molar-refractivity contribution in [3.63, 3.8) is 0 Å². The van der Waals surface area contributed by atoms with Crippen LogP contribution in [0.5, 0.6) is 5.75 Å². The number of hydrogen-bond acceptors (Lipinski definition) is 5. The van der Waals surface area contributed by atoms with Gasteiger partial charge in [0.15, 0.2) is 5.82 Å². The molecule has 0 bridgehead atoms. The third-order valence-corrected chi connectivity index (χ3v) is 3.89. The molecule has 22 heavy (non-hydrogen) atoms. The first-order chi connectivity index (χ1) is 10.8. The average molecular weight is 297 g/mol. The third-order valence-electron chi connectivity index (χ3n) is 3.89. The van der Waals surface area contributed by atoms with Crippen LogP contribution < -0.4 is 9.64 Å². The van der Waals surface area contributed by atoms with Gasteiger partial charge in [-0.3, -0.25) is 0 Å². The minimum absolute atomic E-state index is 0.379. The molecule has 1 saturated heterocycles. The summed E-state index contributed by atoms with van der Waals surface area (Å²) >= 11 is 0. The molecule has 1 aliphatic rings. The van der Waals surface area contributed by atoms with Crippen molar-refractivity contribution in [2.75, 3.05) is 25.1 Å². The summed E-state index contributed by atoms with van der Waals surface area (Å²) in [5, 5.41) is 18.2. The molecule has 2 aromatic rings. The molecule has 1 aliphatic heterocycles. The van der Waals surface area contributed by atoms with Gasteiger partial charge in [0.2, 0.25) is 5.69 Å². The third kappa shape index (κ3) is 2.89. The van der Waals surface area contributed by atoms with Crippen LogP contribution in [-0.2, 0) is 0 Å². The van der Waals surface area contributed by atoms with Crippen LogP contribution in [-0.4, -0.2) is 35.2 Å². The molecule has 1 fully saturated rings. The number of anilines is 1. The lowest BCUT2D eigenvalue weighted by Crippen LogP contribution is -2.25. The van der Waals surface area contributed by atoms with Crippen molar-refractivity contribution >= 4 is 5.82 Å². The molecule has 6 nitrogen and oxygen atoms in total. The Morgan fingerprint density at radius 1 is 1.14 bits per heavy atom. The number of benzene rings is 1. The van der Waals surface area contributed by atoms with E-state index in [-0.39, 0.29) is 0 Å². The molecule has 0 unspecified atom stereocenters. The zero-order valence-corrected chi connectivity index (χ0v) is 12.7. The minimum Gasteiger partial charge on any atom is -0.497 e. The van der Waals surface area contributed by atoms with E-state index in [2.05, 4.69) is 21.2 Å². The molecular formula is C16H19N5O. The highest BCUT2D eigenvalue weighted by Crippen LogP contribution is 2.22. The van der Waals surface area contributed by atoms with Gasteiger partial charge in [-0.15, -0.1) is 15.0 Å². The molecule has 0 saturated carbocycles. The first-order valence-electron chi connectivity index (χ1n) is 7.58. The number of aromatic nitrogens is 3. The van der Waals surface area contributed by atoms with E-state index < -0.39 is 0 Å². The van der Waals surface area contributed by atoms with E-state index in [0.717, 1.165) is 37.4 Å². The normalized spacial score (nSPS) is 15.2. The van der Waals surface area contributed by atoms with Gasteiger partial charge in [0.1, 0.15) is 11.8 Å². The van der Waals surface area contributed by atoms with Crippen molar-refractivity contribution in [3.8, 4) is 17.5 Å². The number of nitriles is 1. The van der Waals surface area contributed by atoms with Crippen LogP contribution in [0.1, 0.15) is 31.4 Å². The lowest BCUT2D eigenvalue weighted by atomic mass is 10.2. The maximum absolute atomic E-state index is 9.36. The van der Waals surface area contributed by atoms with Gasteiger partial charge in [-0.25, -0.2) is 0 Å². The predicted octanol–water partition coefficient (Wildman–Crippen LogP) is 2.53. The van der Waals surface area contributed by atoms with Crippen LogP contribution in [0, 0.1) is 11.3 Å². The number of nitrogens with zero attached hydrogens (tertiary/aromatic N) is 5. The van der Waals surface area contributed by atoms with Crippen LogP contribution in [0.4, 0.5) is 5.82 Å². The van der Waals surface area contributed by atoms with Crippen molar-refractivity contribution in [3.05, 3.63) is 30.0 Å². The van der Waals surface area contributed by atoms with E-state index in [1.807, 2.05) is 24.3 Å². The zero-order chi connectivity index (χ0) is 15.4. The van der Waals surface area contributed by atoms with Gasteiger partial charge in [0.25, 0.3) is 0 Å². The van der Waals surface area contributed by atoms with E-state index in [1.54, 1.807) is 7.11 Å². The summed E-state index contributed by atoms with van der Waals surface area (Å²) in [5.41, 5.74) is 1.17. The van der Waals surface area contributed by atoms with Crippen molar-refractivity contribution in [1.82, 2.24) is 15.0 Å². The Bertz CT molecular complexity index is 680. The van der Waals surface area contributed by atoms with E-state index >= 15 is 0 Å². The summed E-state index contributed by atoms with van der Waals surface area (Å²) in [5.74, 6) is 1.43. The van der Waals surface area contributed by atoms with Crippen molar-refractivity contribution in [1.29, 1.82) is 5.26 Å². The minimum atomic E-state index is 0.379. The molecule has 1 aromatic heterocycles. The monoisotopic (exact) mass is 297 g/mol. The van der Waals surface area contributed by atoms with Crippen LogP contribution in [0.2, 0.25) is 0 Å². The van der Waals surface area contributed by atoms with Crippen molar-refractivity contribution < 1.29 is 4.74 Å². The smallest absolute Gasteiger partial charge is 0.207 e. The van der Waals surface area contributed by atoms with Gasteiger partial charge in [-0.1, -0.05) is 18.9 Å². The fourth-order valence-corrected chi connectivity index (χ4v) is 2.72. The Morgan fingerprint density at radius 3 is 2.59 bits per heavy atom. The quantitative estimate of drug-likeness (QED) is 0.871. The number of hydrogen-bond donors (Lipinski definition) is 0. The molecule has 6 heteroatoms. The summed E-state index contributed by atoms with van der Waals surface area (Å²) in [4.78, 5) is 3.69. The number of methoxy groups -OCH3 is 1. The summed E-state index contributed by atoms with van der Waals surface area (Å²) in [6.07, 6.45) is 4.75. The Kier molecular flexibility index (Phi) is 4.24. The average Bonchev–Trinajstić information content (AvgIpc) is 2.82. The second-order valence-corrected chi connectivity index (χ2v) is 5.38. The molecule has 0 N–H and O–H groups in total. The first kappa shape index (κ1) is 14.4. The fraction of sp³-hybridized carbons (Fsp3) is 0.438. The molecule has 2 heterocycles. The van der Waals surface area contributed by atoms with Gasteiger partial charge in [0, 0.05) is 19.2 Å². The Balaban J connectivity index is 1.95. The van der Waals surface area contributed by atoms with Crippen LogP contribution in [0.25, 0.3) is 5.69 Å². The second kappa shape index (κ2) is 6.48. The molecule has 0 aliphatic carbocycles. The Hall–Kier alpha value is -2.55. The molecule has 114 valence electrons. The lowest BCUT2D eigenvalue weighted by molar-refractivity contribution is 0.414. The van der Waals surface area contributed by atoms with E-state index in [1.165, 1.54) is 17.6 Å². The predicted molar refractivity (Wildman–Crippen MR) is 83.3 cm³/mol. The highest BCUT2D eigenvalue weighted by molar-refractivity contribution is 5.50. The molecule has 0 atom stereocenters. The Morgan fingerprint density at radius 2 is 1.91 bits per heavy atom. The van der Waals surface area contributed by atoms with E-state index in [0.29, 0.717) is 11.5 Å². The van der Waals surface area contributed by atoms with Gasteiger partial charge in [-0.05, 0) is 25.0 Å². The summed E-state index contributed by atoms with van der Waals surface area (Å²) in [7, 11) is 1.62. The molecular weight excluding hydrogens is 278 g/mol. The fourth-order valence-electron chi connectivity index (χ4n) is 2.72.